The van der Waals surface area contributed by atoms with Crippen molar-refractivity contribution in [2.75, 3.05) is 38.3 Å². The molecule has 0 unspecified atom stereocenters. The topological polar surface area (TPSA) is 73.3 Å². The maximum absolute atomic E-state index is 6.06. The minimum Gasteiger partial charge on any atom is -0.490 e. The Balaban J connectivity index is 0.00000306. The minimum absolute atomic E-state index is 0. The molecule has 0 aliphatic carbocycles. The molecule has 0 amide bonds. The molecule has 0 bridgehead atoms. The van der Waals surface area contributed by atoms with Gasteiger partial charge in [0, 0.05) is 37.9 Å². The van der Waals surface area contributed by atoms with E-state index in [1.54, 1.807) is 0 Å². The van der Waals surface area contributed by atoms with Crippen LogP contribution in [0.1, 0.15) is 37.3 Å². The summed E-state index contributed by atoms with van der Waals surface area (Å²) in [6.45, 7) is 6.96. The van der Waals surface area contributed by atoms with Crippen LogP contribution in [0.2, 0.25) is 0 Å². The van der Waals surface area contributed by atoms with Crippen molar-refractivity contribution in [1.29, 1.82) is 0 Å². The number of nitrogens with zero attached hydrogens (tertiary/aromatic N) is 1. The van der Waals surface area contributed by atoms with E-state index in [9.17, 15) is 0 Å². The normalized spacial score (nSPS) is 16.5. The van der Waals surface area contributed by atoms with E-state index in [1.165, 1.54) is 5.56 Å². The summed E-state index contributed by atoms with van der Waals surface area (Å²) in [4.78, 5) is 4.77. The number of ether oxygens (including phenoxy) is 4. The van der Waals surface area contributed by atoms with Gasteiger partial charge in [0.15, 0.2) is 17.5 Å². The molecule has 0 atom stereocenters. The molecule has 2 aromatic carbocycles. The highest BCUT2D eigenvalue weighted by Crippen LogP contribution is 2.32. The number of aliphatic imine (C=N–C) groups is 1. The molecule has 4 rings (SSSR count). The van der Waals surface area contributed by atoms with E-state index < -0.39 is 0 Å². The van der Waals surface area contributed by atoms with E-state index in [0.717, 1.165) is 67.7 Å². The van der Waals surface area contributed by atoms with Crippen LogP contribution in [0.5, 0.6) is 11.5 Å². The van der Waals surface area contributed by atoms with Gasteiger partial charge in [-0.25, -0.2) is 4.99 Å². The molecule has 2 N–H and O–H groups in total. The van der Waals surface area contributed by atoms with Gasteiger partial charge in [0.25, 0.3) is 0 Å². The molecule has 180 valence electrons. The third-order valence-corrected chi connectivity index (χ3v) is 5.42. The fraction of sp³-hybridized carbons (Fsp3) is 0.480. The molecule has 0 aromatic heterocycles. The molecule has 1 fully saturated rings. The highest BCUT2D eigenvalue weighted by Gasteiger charge is 2.14. The van der Waals surface area contributed by atoms with Crippen LogP contribution in [-0.2, 0) is 22.6 Å². The monoisotopic (exact) mass is 567 g/mol. The van der Waals surface area contributed by atoms with Crippen LogP contribution >= 0.6 is 24.0 Å². The van der Waals surface area contributed by atoms with Gasteiger partial charge in [0.05, 0.1) is 32.5 Å². The van der Waals surface area contributed by atoms with Crippen LogP contribution in [0.3, 0.4) is 0 Å². The van der Waals surface area contributed by atoms with Gasteiger partial charge in [0.1, 0.15) is 0 Å². The summed E-state index contributed by atoms with van der Waals surface area (Å²) in [7, 11) is 0. The summed E-state index contributed by atoms with van der Waals surface area (Å²) in [6.07, 6.45) is 3.13. The Kier molecular flexibility index (Phi) is 10.6. The maximum Gasteiger partial charge on any atom is 0.196 e. The fourth-order valence-electron chi connectivity index (χ4n) is 3.73. The van der Waals surface area contributed by atoms with Gasteiger partial charge in [0.2, 0.25) is 0 Å². The molecule has 33 heavy (non-hydrogen) atoms. The zero-order chi connectivity index (χ0) is 22.0. The van der Waals surface area contributed by atoms with E-state index in [0.29, 0.717) is 32.5 Å². The van der Waals surface area contributed by atoms with Crippen molar-refractivity contribution in [2.45, 2.75) is 45.4 Å². The molecule has 2 heterocycles. The average Bonchev–Trinajstić information content (AvgIpc) is 3.07. The van der Waals surface area contributed by atoms with Crippen molar-refractivity contribution in [2.24, 2.45) is 4.99 Å². The first-order valence-electron chi connectivity index (χ1n) is 11.5. The average molecular weight is 567 g/mol. The summed E-state index contributed by atoms with van der Waals surface area (Å²) in [6, 6.07) is 14.3. The molecule has 2 aromatic rings. The Morgan fingerprint density at radius 3 is 2.61 bits per heavy atom. The number of halogens is 1. The summed E-state index contributed by atoms with van der Waals surface area (Å²) in [5.74, 6) is 2.28. The van der Waals surface area contributed by atoms with Crippen molar-refractivity contribution < 1.29 is 18.9 Å². The standard InChI is InChI=1S/C25H33N3O4.HI/c1-2-26-25(28-21-7-8-23-24(16-21)31-12-4-11-30-23)27-17-19-5-3-6-20(15-19)18-32-22-9-13-29-14-10-22;/h3,5-8,15-16,22H,2,4,9-14,17-18H2,1H3,(H2,26,27,28);1H. The second kappa shape index (κ2) is 13.6. The number of hydrogen-bond acceptors (Lipinski definition) is 5. The zero-order valence-electron chi connectivity index (χ0n) is 19.2. The molecular formula is C25H34IN3O4. The van der Waals surface area contributed by atoms with Crippen LogP contribution in [0.25, 0.3) is 0 Å². The SMILES string of the molecule is CCNC(=NCc1cccc(COC2CCOCC2)c1)Nc1ccc2c(c1)OCCCO2.I. The Morgan fingerprint density at radius 1 is 1.00 bits per heavy atom. The molecule has 7 nitrogen and oxygen atoms in total. The van der Waals surface area contributed by atoms with Gasteiger partial charge >= 0.3 is 0 Å². The van der Waals surface area contributed by atoms with Gasteiger partial charge in [-0.15, -0.1) is 24.0 Å². The predicted molar refractivity (Wildman–Crippen MR) is 141 cm³/mol. The third-order valence-electron chi connectivity index (χ3n) is 5.42. The number of benzene rings is 2. The lowest BCUT2D eigenvalue weighted by Gasteiger charge is -2.22. The number of guanidine groups is 1. The molecule has 2 aliphatic heterocycles. The Labute approximate surface area is 213 Å². The summed E-state index contributed by atoms with van der Waals surface area (Å²) >= 11 is 0. The van der Waals surface area contributed by atoms with E-state index in [1.807, 2.05) is 18.2 Å². The summed E-state index contributed by atoms with van der Waals surface area (Å²) in [5, 5.41) is 6.68. The van der Waals surface area contributed by atoms with Crippen molar-refractivity contribution in [3.8, 4) is 11.5 Å². The van der Waals surface area contributed by atoms with Gasteiger partial charge < -0.3 is 29.6 Å². The van der Waals surface area contributed by atoms with Crippen LogP contribution in [0, 0.1) is 0 Å². The molecule has 0 spiro atoms. The maximum atomic E-state index is 6.06. The summed E-state index contributed by atoms with van der Waals surface area (Å²) in [5.41, 5.74) is 3.23. The number of fused-ring (bicyclic) bond motifs is 1. The highest BCUT2D eigenvalue weighted by atomic mass is 127. The number of rotatable bonds is 7. The first-order valence-corrected chi connectivity index (χ1v) is 11.5. The smallest absolute Gasteiger partial charge is 0.196 e. The lowest BCUT2D eigenvalue weighted by atomic mass is 10.1. The Hall–Kier alpha value is -2.04. The van der Waals surface area contributed by atoms with Crippen molar-refractivity contribution >= 4 is 35.6 Å². The third kappa shape index (κ3) is 8.04. The largest absolute Gasteiger partial charge is 0.490 e. The first-order chi connectivity index (χ1) is 15.8. The Bertz CT molecular complexity index is 903. The number of nitrogens with one attached hydrogen (secondary N) is 2. The number of anilines is 1. The number of hydrogen-bond donors (Lipinski definition) is 2. The lowest BCUT2D eigenvalue weighted by Crippen LogP contribution is -2.30. The Morgan fingerprint density at radius 2 is 1.79 bits per heavy atom. The van der Waals surface area contributed by atoms with Gasteiger partial charge in [-0.05, 0) is 43.0 Å². The first kappa shape index (κ1) is 25.6. The van der Waals surface area contributed by atoms with E-state index >= 15 is 0 Å². The lowest BCUT2D eigenvalue weighted by molar-refractivity contribution is -0.0390. The quantitative estimate of drug-likeness (QED) is 0.286. The second-order valence-corrected chi connectivity index (χ2v) is 7.97. The molecular weight excluding hydrogens is 533 g/mol. The van der Waals surface area contributed by atoms with Crippen LogP contribution in [0.4, 0.5) is 5.69 Å². The molecule has 2 aliphatic rings. The van der Waals surface area contributed by atoms with E-state index in [2.05, 4.69) is 41.8 Å². The van der Waals surface area contributed by atoms with Crippen molar-refractivity contribution in [3.05, 3.63) is 53.6 Å². The summed E-state index contributed by atoms with van der Waals surface area (Å²) < 4.78 is 23.0. The van der Waals surface area contributed by atoms with Crippen molar-refractivity contribution in [3.63, 3.8) is 0 Å². The van der Waals surface area contributed by atoms with Crippen molar-refractivity contribution in [1.82, 2.24) is 5.32 Å². The van der Waals surface area contributed by atoms with Crippen LogP contribution in [0.15, 0.2) is 47.5 Å². The molecule has 0 saturated carbocycles. The van der Waals surface area contributed by atoms with Crippen LogP contribution < -0.4 is 20.1 Å². The molecule has 0 radical (unpaired) electrons. The van der Waals surface area contributed by atoms with Crippen LogP contribution in [-0.4, -0.2) is 45.0 Å². The fourth-order valence-corrected chi connectivity index (χ4v) is 3.73. The zero-order valence-corrected chi connectivity index (χ0v) is 21.5. The molecule has 1 saturated heterocycles. The van der Waals surface area contributed by atoms with E-state index in [-0.39, 0.29) is 24.0 Å². The second-order valence-electron chi connectivity index (χ2n) is 7.97. The minimum atomic E-state index is 0. The van der Waals surface area contributed by atoms with Gasteiger partial charge in [-0.2, -0.15) is 0 Å². The predicted octanol–water partition coefficient (Wildman–Crippen LogP) is 4.74. The van der Waals surface area contributed by atoms with Gasteiger partial charge in [-0.3, -0.25) is 0 Å². The highest BCUT2D eigenvalue weighted by molar-refractivity contribution is 14.0. The molecule has 8 heteroatoms. The van der Waals surface area contributed by atoms with E-state index in [4.69, 9.17) is 23.9 Å². The van der Waals surface area contributed by atoms with Gasteiger partial charge in [-0.1, -0.05) is 24.3 Å².